The molecule has 8 nitrogen and oxygen atoms in total. The predicted molar refractivity (Wildman–Crippen MR) is 240 cm³/mol. The molecule has 0 saturated carbocycles. The van der Waals surface area contributed by atoms with E-state index in [1.165, 1.54) is 141 Å². The maximum Gasteiger partial charge on any atom is 0.472 e. The Hall–Kier alpha value is -1.28. The SMILES string of the molecule is CCCCCCCCCCCCCCCCCCCC/C=C/CC/C=C/CC/C=C/C(O)C(COP(=O)(O)OCC[N+](C)(C)C)NC(=O)CCCCCCCC. The number of likely N-dealkylation sites (N-methyl/N-ethyl adjacent to an activating group) is 1. The van der Waals surface area contributed by atoms with Crippen molar-refractivity contribution in [3.63, 3.8) is 0 Å². The number of amides is 1. The number of phosphoric ester groups is 1. The van der Waals surface area contributed by atoms with E-state index in [-0.39, 0.29) is 19.1 Å². The van der Waals surface area contributed by atoms with E-state index in [4.69, 9.17) is 9.05 Å². The van der Waals surface area contributed by atoms with Crippen LogP contribution in [0.2, 0.25) is 0 Å². The fraction of sp³-hybridized carbons (Fsp3) is 0.851. The number of nitrogens with zero attached hydrogens (tertiary/aromatic N) is 1. The Kier molecular flexibility index (Phi) is 38.3. The van der Waals surface area contributed by atoms with Crippen LogP contribution in [0.4, 0.5) is 0 Å². The van der Waals surface area contributed by atoms with Crippen molar-refractivity contribution in [1.82, 2.24) is 5.32 Å². The molecule has 9 heteroatoms. The van der Waals surface area contributed by atoms with E-state index in [1.807, 2.05) is 27.2 Å². The molecule has 1 amide bonds. The van der Waals surface area contributed by atoms with Gasteiger partial charge in [-0.1, -0.05) is 192 Å². The van der Waals surface area contributed by atoms with Crippen molar-refractivity contribution >= 4 is 13.7 Å². The lowest BCUT2D eigenvalue weighted by atomic mass is 10.0. The van der Waals surface area contributed by atoms with Gasteiger partial charge in [0, 0.05) is 6.42 Å². The number of carbonyl (C=O) groups is 1. The van der Waals surface area contributed by atoms with Crippen LogP contribution in [-0.4, -0.2) is 73.4 Å². The highest BCUT2D eigenvalue weighted by Crippen LogP contribution is 2.43. The average Bonchev–Trinajstić information content (AvgIpc) is 3.15. The van der Waals surface area contributed by atoms with Crippen LogP contribution in [0.3, 0.4) is 0 Å². The van der Waals surface area contributed by atoms with Crippen molar-refractivity contribution in [1.29, 1.82) is 0 Å². The maximum absolute atomic E-state index is 12.7. The standard InChI is InChI=1S/C47H91N2O6P/c1-6-8-10-12-14-15-16-17-18-19-20-21-22-23-24-25-26-27-28-29-30-31-32-33-34-35-36-38-40-46(50)45(48-47(51)41-39-37-13-11-9-7-2)44-55-56(52,53)54-43-42-49(3,4)5/h29-30,33-34,38,40,45-46,50H,6-28,31-32,35-37,39,41-44H2,1-5H3,(H-,48,51,52,53)/p+1/b30-29+,34-33+,40-38+. The molecule has 0 saturated heterocycles. The highest BCUT2D eigenvalue weighted by Gasteiger charge is 2.27. The van der Waals surface area contributed by atoms with Gasteiger partial charge in [-0.05, 0) is 44.9 Å². The number of allylic oxidation sites excluding steroid dienone is 5. The van der Waals surface area contributed by atoms with E-state index in [9.17, 15) is 19.4 Å². The number of hydrogen-bond donors (Lipinski definition) is 3. The normalized spacial score (nSPS) is 14.6. The molecule has 0 aromatic rings. The van der Waals surface area contributed by atoms with Crippen molar-refractivity contribution in [2.75, 3.05) is 40.9 Å². The molecular formula is C47H92N2O6P+. The third-order valence-electron chi connectivity index (χ3n) is 10.3. The lowest BCUT2D eigenvalue weighted by Gasteiger charge is -2.25. The number of quaternary nitrogens is 1. The van der Waals surface area contributed by atoms with Crippen molar-refractivity contribution in [3.8, 4) is 0 Å². The average molecular weight is 812 g/mol. The van der Waals surface area contributed by atoms with Crippen LogP contribution in [0.5, 0.6) is 0 Å². The van der Waals surface area contributed by atoms with E-state index < -0.39 is 20.0 Å². The summed E-state index contributed by atoms with van der Waals surface area (Å²) >= 11 is 0. The van der Waals surface area contributed by atoms with E-state index in [2.05, 4.69) is 43.5 Å². The van der Waals surface area contributed by atoms with Gasteiger partial charge in [0.2, 0.25) is 5.91 Å². The van der Waals surface area contributed by atoms with Gasteiger partial charge in [0.1, 0.15) is 13.2 Å². The fourth-order valence-electron chi connectivity index (χ4n) is 6.60. The Bertz CT molecular complexity index is 1010. The highest BCUT2D eigenvalue weighted by molar-refractivity contribution is 7.47. The van der Waals surface area contributed by atoms with Gasteiger partial charge in [0.05, 0.1) is 39.9 Å². The van der Waals surface area contributed by atoms with Gasteiger partial charge >= 0.3 is 7.82 Å². The predicted octanol–water partition coefficient (Wildman–Crippen LogP) is 13.1. The first-order valence-electron chi connectivity index (χ1n) is 23.4. The molecule has 0 aliphatic rings. The smallest absolute Gasteiger partial charge is 0.387 e. The van der Waals surface area contributed by atoms with Gasteiger partial charge in [-0.3, -0.25) is 13.8 Å². The minimum atomic E-state index is -4.34. The quantitative estimate of drug-likeness (QED) is 0.0245. The number of aliphatic hydroxyl groups is 1. The number of hydrogen-bond acceptors (Lipinski definition) is 5. The first-order chi connectivity index (χ1) is 27.0. The summed E-state index contributed by atoms with van der Waals surface area (Å²) in [4.78, 5) is 22.9. The van der Waals surface area contributed by atoms with Crippen LogP contribution in [0.1, 0.15) is 206 Å². The minimum Gasteiger partial charge on any atom is -0.387 e. The van der Waals surface area contributed by atoms with Crippen LogP contribution >= 0.6 is 7.82 Å². The van der Waals surface area contributed by atoms with Gasteiger partial charge < -0.3 is 19.8 Å². The summed E-state index contributed by atoms with van der Waals surface area (Å²) in [5.74, 6) is -0.201. The first kappa shape index (κ1) is 54.7. The second-order valence-corrected chi connectivity index (χ2v) is 18.6. The van der Waals surface area contributed by atoms with Gasteiger partial charge in [0.15, 0.2) is 0 Å². The third-order valence-corrected chi connectivity index (χ3v) is 11.3. The number of carbonyl (C=O) groups excluding carboxylic acids is 1. The molecule has 3 atom stereocenters. The fourth-order valence-corrected chi connectivity index (χ4v) is 7.34. The summed E-state index contributed by atoms with van der Waals surface area (Å²) in [5, 5.41) is 13.7. The van der Waals surface area contributed by atoms with Gasteiger partial charge in [-0.2, -0.15) is 0 Å². The second kappa shape index (κ2) is 39.2. The van der Waals surface area contributed by atoms with Gasteiger partial charge in [0.25, 0.3) is 0 Å². The van der Waals surface area contributed by atoms with Crippen LogP contribution in [-0.2, 0) is 18.4 Å². The summed E-state index contributed by atoms with van der Waals surface area (Å²) in [7, 11) is 1.54. The molecule has 0 bridgehead atoms. The maximum atomic E-state index is 12.7. The summed E-state index contributed by atoms with van der Waals surface area (Å²) in [6.45, 7) is 4.72. The van der Waals surface area contributed by atoms with Crippen LogP contribution in [0.25, 0.3) is 0 Å². The number of unbranched alkanes of at least 4 members (excludes halogenated alkanes) is 25. The summed E-state index contributed by atoms with van der Waals surface area (Å²) in [6.07, 6.45) is 48.5. The Morgan fingerprint density at radius 2 is 0.982 bits per heavy atom. The Balaban J connectivity index is 4.14. The second-order valence-electron chi connectivity index (χ2n) is 17.1. The molecule has 3 unspecified atom stereocenters. The third kappa shape index (κ3) is 40.9. The minimum absolute atomic E-state index is 0.0538. The van der Waals surface area contributed by atoms with E-state index in [0.717, 1.165) is 44.9 Å². The number of nitrogens with one attached hydrogen (secondary N) is 1. The molecule has 0 aromatic carbocycles. The van der Waals surface area contributed by atoms with E-state index in [1.54, 1.807) is 6.08 Å². The largest absolute Gasteiger partial charge is 0.472 e. The van der Waals surface area contributed by atoms with Gasteiger partial charge in [-0.15, -0.1) is 0 Å². The Labute approximate surface area is 347 Å². The molecule has 0 aliphatic heterocycles. The lowest BCUT2D eigenvalue weighted by molar-refractivity contribution is -0.870. The monoisotopic (exact) mass is 812 g/mol. The molecular weight excluding hydrogens is 719 g/mol. The van der Waals surface area contributed by atoms with E-state index >= 15 is 0 Å². The van der Waals surface area contributed by atoms with Crippen LogP contribution < -0.4 is 5.32 Å². The molecule has 0 radical (unpaired) electrons. The molecule has 0 heterocycles. The summed E-state index contributed by atoms with van der Waals surface area (Å²) < 4.78 is 23.4. The zero-order valence-corrected chi connectivity index (χ0v) is 38.3. The molecule has 0 rings (SSSR count). The van der Waals surface area contributed by atoms with Crippen molar-refractivity contribution in [2.45, 2.75) is 219 Å². The molecule has 0 aliphatic carbocycles. The van der Waals surface area contributed by atoms with Crippen molar-refractivity contribution in [2.24, 2.45) is 0 Å². The Morgan fingerprint density at radius 3 is 1.43 bits per heavy atom. The van der Waals surface area contributed by atoms with Crippen LogP contribution in [0.15, 0.2) is 36.5 Å². The Morgan fingerprint density at radius 1 is 0.589 bits per heavy atom. The highest BCUT2D eigenvalue weighted by atomic mass is 31.2. The van der Waals surface area contributed by atoms with Gasteiger partial charge in [-0.25, -0.2) is 4.57 Å². The van der Waals surface area contributed by atoms with Crippen molar-refractivity contribution in [3.05, 3.63) is 36.5 Å². The molecule has 0 aromatic heterocycles. The number of aliphatic hydroxyl groups excluding tert-OH is 1. The lowest BCUT2D eigenvalue weighted by Crippen LogP contribution is -2.45. The van der Waals surface area contributed by atoms with Crippen molar-refractivity contribution < 1.29 is 32.9 Å². The molecule has 0 fully saturated rings. The molecule has 330 valence electrons. The topological polar surface area (TPSA) is 105 Å². The zero-order valence-electron chi connectivity index (χ0n) is 37.4. The number of rotatable bonds is 42. The first-order valence-corrected chi connectivity index (χ1v) is 24.9. The number of phosphoric acid groups is 1. The van der Waals surface area contributed by atoms with Crippen LogP contribution in [0, 0.1) is 0 Å². The zero-order chi connectivity index (χ0) is 41.4. The molecule has 0 spiro atoms. The molecule has 56 heavy (non-hydrogen) atoms. The summed E-state index contributed by atoms with van der Waals surface area (Å²) in [6, 6.07) is -0.863. The molecule has 3 N–H and O–H groups in total. The van der Waals surface area contributed by atoms with E-state index in [0.29, 0.717) is 17.4 Å². The summed E-state index contributed by atoms with van der Waals surface area (Å²) in [5.41, 5.74) is 0.